The van der Waals surface area contributed by atoms with Gasteiger partial charge in [0.05, 0.1) is 24.4 Å². The van der Waals surface area contributed by atoms with E-state index in [-0.39, 0.29) is 23.8 Å². The standard InChI is InChI=1S/C28H29N5O4/c1-17-5-11-22(12-6-17)29-23(34)15-32-18(2)24(20-13-14-37-16-20)26(35)33-27(32)30-25(31-33)19-7-9-21(10-8-19)28(3,4)36/h5-13,36H,14-16H2,1-4H3,(H,29,34). The van der Waals surface area contributed by atoms with E-state index < -0.39 is 5.60 Å². The molecule has 9 heteroatoms. The number of anilines is 1. The van der Waals surface area contributed by atoms with Crippen LogP contribution >= 0.6 is 0 Å². The van der Waals surface area contributed by atoms with Gasteiger partial charge in [0.25, 0.3) is 5.56 Å². The molecule has 2 aromatic carbocycles. The predicted molar refractivity (Wildman–Crippen MR) is 141 cm³/mol. The summed E-state index contributed by atoms with van der Waals surface area (Å²) in [6, 6.07) is 14.8. The summed E-state index contributed by atoms with van der Waals surface area (Å²) in [6.07, 6.45) is 1.87. The Bertz CT molecular complexity index is 1570. The molecular formula is C28H29N5O4. The molecule has 0 bridgehead atoms. The van der Waals surface area contributed by atoms with E-state index >= 15 is 0 Å². The molecule has 1 amide bonds. The van der Waals surface area contributed by atoms with E-state index in [0.717, 1.165) is 16.7 Å². The van der Waals surface area contributed by atoms with Crippen LogP contribution in [0.15, 0.2) is 59.4 Å². The Morgan fingerprint density at radius 1 is 1.11 bits per heavy atom. The average molecular weight is 500 g/mol. The van der Waals surface area contributed by atoms with Gasteiger partial charge in [-0.1, -0.05) is 48.0 Å². The van der Waals surface area contributed by atoms with Gasteiger partial charge in [0.15, 0.2) is 5.82 Å². The van der Waals surface area contributed by atoms with Crippen LogP contribution in [0.25, 0.3) is 22.7 Å². The molecule has 9 nitrogen and oxygen atoms in total. The molecule has 2 aromatic heterocycles. The summed E-state index contributed by atoms with van der Waals surface area (Å²) >= 11 is 0. The molecule has 0 unspecified atom stereocenters. The van der Waals surface area contributed by atoms with E-state index in [4.69, 9.17) is 4.74 Å². The fraction of sp³-hybridized carbons (Fsp3) is 0.286. The minimum absolute atomic E-state index is 0.0552. The van der Waals surface area contributed by atoms with Gasteiger partial charge in [0, 0.05) is 16.9 Å². The van der Waals surface area contributed by atoms with Gasteiger partial charge in [-0.15, -0.1) is 5.10 Å². The first-order chi connectivity index (χ1) is 17.6. The lowest BCUT2D eigenvalue weighted by Crippen LogP contribution is -2.29. The zero-order valence-corrected chi connectivity index (χ0v) is 21.3. The number of nitrogens with zero attached hydrogens (tertiary/aromatic N) is 4. The fourth-order valence-electron chi connectivity index (χ4n) is 4.41. The topological polar surface area (TPSA) is 111 Å². The first-order valence-electron chi connectivity index (χ1n) is 12.1. The number of aryl methyl sites for hydroxylation is 1. The molecular weight excluding hydrogens is 470 g/mol. The number of nitrogens with one attached hydrogen (secondary N) is 1. The minimum Gasteiger partial charge on any atom is -0.386 e. The number of aromatic nitrogens is 4. The number of hydrogen-bond acceptors (Lipinski definition) is 6. The number of fused-ring (bicyclic) bond motifs is 1. The van der Waals surface area contributed by atoms with Gasteiger partial charge in [-0.3, -0.25) is 9.59 Å². The summed E-state index contributed by atoms with van der Waals surface area (Å²) in [6.45, 7) is 7.90. The molecule has 5 rings (SSSR count). The van der Waals surface area contributed by atoms with Crippen LogP contribution < -0.4 is 10.9 Å². The minimum atomic E-state index is -0.982. The number of amides is 1. The maximum absolute atomic E-state index is 13.5. The Kier molecular flexibility index (Phi) is 6.26. The van der Waals surface area contributed by atoms with Crippen LogP contribution in [0.2, 0.25) is 0 Å². The van der Waals surface area contributed by atoms with Gasteiger partial charge in [0.2, 0.25) is 11.7 Å². The molecule has 0 radical (unpaired) electrons. The quantitative estimate of drug-likeness (QED) is 0.420. The Morgan fingerprint density at radius 3 is 2.43 bits per heavy atom. The van der Waals surface area contributed by atoms with Crippen LogP contribution in [-0.2, 0) is 21.7 Å². The summed E-state index contributed by atoms with van der Waals surface area (Å²) < 4.78 is 8.43. The Hall–Kier alpha value is -4.08. The third-order valence-corrected chi connectivity index (χ3v) is 6.52. The number of hydrogen-bond donors (Lipinski definition) is 2. The van der Waals surface area contributed by atoms with E-state index in [1.54, 1.807) is 30.5 Å². The third kappa shape index (κ3) is 4.83. The number of ether oxygens (including phenoxy) is 1. The summed E-state index contributed by atoms with van der Waals surface area (Å²) in [7, 11) is 0. The van der Waals surface area contributed by atoms with Crippen LogP contribution in [0.5, 0.6) is 0 Å². The highest BCUT2D eigenvalue weighted by Gasteiger charge is 2.24. The smallest absolute Gasteiger partial charge is 0.283 e. The van der Waals surface area contributed by atoms with Crippen LogP contribution in [0.1, 0.15) is 36.2 Å². The number of carbonyl (C=O) groups is 1. The molecule has 190 valence electrons. The highest BCUT2D eigenvalue weighted by Crippen LogP contribution is 2.25. The van der Waals surface area contributed by atoms with Crippen LogP contribution in [0, 0.1) is 13.8 Å². The Morgan fingerprint density at radius 2 is 1.81 bits per heavy atom. The van der Waals surface area contributed by atoms with E-state index in [0.29, 0.717) is 41.5 Å². The molecule has 0 atom stereocenters. The van der Waals surface area contributed by atoms with Crippen LogP contribution in [0.3, 0.4) is 0 Å². The zero-order chi connectivity index (χ0) is 26.3. The molecule has 0 spiro atoms. The van der Waals surface area contributed by atoms with Gasteiger partial charge in [-0.25, -0.2) is 0 Å². The molecule has 3 heterocycles. The zero-order valence-electron chi connectivity index (χ0n) is 21.3. The second kappa shape index (κ2) is 9.42. The van der Waals surface area contributed by atoms with Crippen molar-refractivity contribution in [3.05, 3.63) is 87.3 Å². The van der Waals surface area contributed by atoms with Gasteiger partial charge in [-0.05, 0) is 51.0 Å². The van der Waals surface area contributed by atoms with E-state index in [9.17, 15) is 14.7 Å². The lowest BCUT2D eigenvalue weighted by atomic mass is 9.97. The largest absolute Gasteiger partial charge is 0.386 e. The van der Waals surface area contributed by atoms with E-state index in [1.165, 1.54) is 4.52 Å². The van der Waals surface area contributed by atoms with Crippen molar-refractivity contribution in [2.45, 2.75) is 39.8 Å². The predicted octanol–water partition coefficient (Wildman–Crippen LogP) is 3.45. The van der Waals surface area contributed by atoms with Crippen LogP contribution in [-0.4, -0.2) is 43.4 Å². The fourth-order valence-corrected chi connectivity index (χ4v) is 4.41. The van der Waals surface area contributed by atoms with Gasteiger partial charge in [-0.2, -0.15) is 9.50 Å². The van der Waals surface area contributed by atoms with Crippen molar-refractivity contribution in [1.29, 1.82) is 0 Å². The molecule has 0 saturated heterocycles. The lowest BCUT2D eigenvalue weighted by molar-refractivity contribution is -0.116. The van der Waals surface area contributed by atoms with Gasteiger partial charge >= 0.3 is 0 Å². The normalized spacial score (nSPS) is 13.7. The molecule has 0 fully saturated rings. The van der Waals surface area contributed by atoms with Crippen molar-refractivity contribution in [3.63, 3.8) is 0 Å². The monoisotopic (exact) mass is 499 g/mol. The highest BCUT2D eigenvalue weighted by atomic mass is 16.5. The molecule has 37 heavy (non-hydrogen) atoms. The Labute approximate surface area is 214 Å². The summed E-state index contributed by atoms with van der Waals surface area (Å²) in [5.41, 5.74) is 3.77. The average Bonchev–Trinajstić information content (AvgIpc) is 3.54. The maximum atomic E-state index is 13.5. The molecule has 1 aliphatic rings. The second-order valence-corrected chi connectivity index (χ2v) is 9.79. The first kappa shape index (κ1) is 24.6. The van der Waals surface area contributed by atoms with Gasteiger partial charge < -0.3 is 19.7 Å². The molecule has 1 aliphatic heterocycles. The van der Waals surface area contributed by atoms with Crippen molar-refractivity contribution in [2.75, 3.05) is 18.5 Å². The summed E-state index contributed by atoms with van der Waals surface area (Å²) in [4.78, 5) is 31.3. The Balaban J connectivity index is 1.60. The SMILES string of the molecule is Cc1ccc(NC(=O)Cn2c(C)c(C3=CCOC3)c(=O)n3nc(-c4ccc(C(C)(C)O)cc4)nc23)cc1. The van der Waals surface area contributed by atoms with Crippen molar-refractivity contribution in [3.8, 4) is 11.4 Å². The third-order valence-electron chi connectivity index (χ3n) is 6.52. The summed E-state index contributed by atoms with van der Waals surface area (Å²) in [5, 5.41) is 17.7. The van der Waals surface area contributed by atoms with Gasteiger partial charge in [0.1, 0.15) is 6.54 Å². The molecule has 0 saturated carbocycles. The maximum Gasteiger partial charge on any atom is 0.283 e. The van der Waals surface area contributed by atoms with E-state index in [2.05, 4.69) is 15.4 Å². The molecule has 0 aliphatic carbocycles. The van der Waals surface area contributed by atoms with Crippen molar-refractivity contribution in [1.82, 2.24) is 19.2 Å². The van der Waals surface area contributed by atoms with Crippen molar-refractivity contribution < 1.29 is 14.6 Å². The number of rotatable bonds is 6. The first-order valence-corrected chi connectivity index (χ1v) is 12.1. The number of benzene rings is 2. The highest BCUT2D eigenvalue weighted by molar-refractivity contribution is 5.91. The van der Waals surface area contributed by atoms with Crippen LogP contribution in [0.4, 0.5) is 5.69 Å². The summed E-state index contributed by atoms with van der Waals surface area (Å²) in [5.74, 6) is 0.367. The number of carbonyl (C=O) groups excluding carboxylic acids is 1. The van der Waals surface area contributed by atoms with Crippen molar-refractivity contribution >= 4 is 22.9 Å². The van der Waals surface area contributed by atoms with E-state index in [1.807, 2.05) is 56.3 Å². The second-order valence-electron chi connectivity index (χ2n) is 9.79. The lowest BCUT2D eigenvalue weighted by Gasteiger charge is -2.17. The molecule has 4 aromatic rings. The molecule has 2 N–H and O–H groups in total. The van der Waals surface area contributed by atoms with Crippen molar-refractivity contribution in [2.24, 2.45) is 0 Å². The number of aliphatic hydroxyl groups is 1.